The lowest BCUT2D eigenvalue weighted by Crippen LogP contribution is -2.55. The summed E-state index contributed by atoms with van der Waals surface area (Å²) < 4.78 is 33.4. The fourth-order valence-electron chi connectivity index (χ4n) is 3.95. The van der Waals surface area contributed by atoms with Crippen molar-refractivity contribution in [2.45, 2.75) is 17.8 Å². The predicted molar refractivity (Wildman–Crippen MR) is 83.9 cm³/mol. The second kappa shape index (κ2) is 4.66. The Bertz CT molecular complexity index is 941. The van der Waals surface area contributed by atoms with Gasteiger partial charge < -0.3 is 38.6 Å². The van der Waals surface area contributed by atoms with E-state index in [4.69, 9.17) is 28.4 Å². The zero-order valence-corrected chi connectivity index (χ0v) is 13.4. The zero-order chi connectivity index (χ0) is 17.5. The minimum Gasteiger partial charge on any atom is -0.489 e. The highest BCUT2D eigenvalue weighted by molar-refractivity contribution is 5.62. The average molecular weight is 358 g/mol. The second-order valence-electron chi connectivity index (χ2n) is 6.56. The van der Waals surface area contributed by atoms with E-state index in [-0.39, 0.29) is 20.2 Å². The Balaban J connectivity index is 1.54. The molecular formula is C18H14O8. The molecule has 0 bridgehead atoms. The number of fused-ring (bicyclic) bond motifs is 7. The van der Waals surface area contributed by atoms with Gasteiger partial charge >= 0.3 is 0 Å². The number of rotatable bonds is 0. The van der Waals surface area contributed by atoms with Gasteiger partial charge in [0.25, 0.3) is 0 Å². The van der Waals surface area contributed by atoms with E-state index in [9.17, 15) is 10.2 Å². The Labute approximate surface area is 147 Å². The van der Waals surface area contributed by atoms with Crippen LogP contribution in [0.2, 0.25) is 0 Å². The van der Waals surface area contributed by atoms with Gasteiger partial charge in [-0.15, -0.1) is 0 Å². The van der Waals surface area contributed by atoms with Crippen molar-refractivity contribution >= 4 is 0 Å². The third kappa shape index (κ3) is 1.61. The molecule has 2 N–H and O–H groups in total. The van der Waals surface area contributed by atoms with Gasteiger partial charge in [0.1, 0.15) is 18.5 Å². The van der Waals surface area contributed by atoms with Crippen LogP contribution in [0.15, 0.2) is 24.3 Å². The van der Waals surface area contributed by atoms with E-state index in [2.05, 4.69) is 0 Å². The van der Waals surface area contributed by atoms with Crippen LogP contribution >= 0.6 is 0 Å². The lowest BCUT2D eigenvalue weighted by molar-refractivity contribution is -0.179. The summed E-state index contributed by atoms with van der Waals surface area (Å²) in [6.07, 6.45) is -2.07. The first-order valence-electron chi connectivity index (χ1n) is 8.23. The molecule has 3 atom stereocenters. The maximum atomic E-state index is 11.5. The van der Waals surface area contributed by atoms with Gasteiger partial charge in [-0.2, -0.15) is 0 Å². The number of aliphatic hydroxyl groups is 2. The van der Waals surface area contributed by atoms with E-state index in [0.29, 0.717) is 45.6 Å². The molecule has 0 aliphatic carbocycles. The summed E-state index contributed by atoms with van der Waals surface area (Å²) in [4.78, 5) is 0. The maximum absolute atomic E-state index is 11.5. The first kappa shape index (κ1) is 14.3. The van der Waals surface area contributed by atoms with Gasteiger partial charge in [-0.05, 0) is 18.2 Å². The molecule has 134 valence electrons. The Hall–Kier alpha value is -2.84. The van der Waals surface area contributed by atoms with Gasteiger partial charge in [0.15, 0.2) is 34.7 Å². The predicted octanol–water partition coefficient (Wildman–Crippen LogP) is 1.22. The standard InChI is InChI=1S/C18H14O8/c19-17-8-1-2-10-16(25-7-22-10)15(8)26-14-5-21-11-4-13-12(23-6-24-13)3-9(11)18(14,17)20/h1-4,14,17,19-20H,5-7H2. The Kier molecular flexibility index (Phi) is 2.57. The van der Waals surface area contributed by atoms with Crippen LogP contribution in [-0.4, -0.2) is 36.5 Å². The first-order chi connectivity index (χ1) is 12.7. The van der Waals surface area contributed by atoms with Gasteiger partial charge in [0.05, 0.1) is 0 Å². The van der Waals surface area contributed by atoms with Crippen molar-refractivity contribution in [3.8, 4) is 34.5 Å². The normalized spacial score (nSPS) is 29.2. The zero-order valence-electron chi connectivity index (χ0n) is 13.4. The van der Waals surface area contributed by atoms with Gasteiger partial charge in [-0.3, -0.25) is 0 Å². The third-order valence-corrected chi connectivity index (χ3v) is 5.28. The van der Waals surface area contributed by atoms with Crippen LogP contribution in [0.4, 0.5) is 0 Å². The summed E-state index contributed by atoms with van der Waals surface area (Å²) in [5.41, 5.74) is -0.873. The molecule has 0 radical (unpaired) electrons. The molecule has 0 aromatic heterocycles. The summed E-state index contributed by atoms with van der Waals surface area (Å²) in [6.45, 7) is 0.249. The van der Waals surface area contributed by atoms with Crippen molar-refractivity contribution in [2.24, 2.45) is 0 Å². The summed E-state index contributed by atoms with van der Waals surface area (Å²) >= 11 is 0. The molecular weight excluding hydrogens is 344 g/mol. The van der Waals surface area contributed by atoms with Crippen molar-refractivity contribution in [3.05, 3.63) is 35.4 Å². The summed E-state index contributed by atoms with van der Waals surface area (Å²) in [5, 5.41) is 22.6. The lowest BCUT2D eigenvalue weighted by Gasteiger charge is -2.47. The fourth-order valence-corrected chi connectivity index (χ4v) is 3.95. The minimum atomic E-state index is -1.70. The molecule has 0 fully saturated rings. The maximum Gasteiger partial charge on any atom is 0.231 e. The van der Waals surface area contributed by atoms with Crippen molar-refractivity contribution in [3.63, 3.8) is 0 Å². The van der Waals surface area contributed by atoms with Gasteiger partial charge in [0, 0.05) is 17.2 Å². The third-order valence-electron chi connectivity index (χ3n) is 5.28. The first-order valence-corrected chi connectivity index (χ1v) is 8.23. The molecule has 3 unspecified atom stereocenters. The molecule has 4 heterocycles. The van der Waals surface area contributed by atoms with E-state index in [1.54, 1.807) is 24.3 Å². The lowest BCUT2D eigenvalue weighted by atomic mass is 9.76. The largest absolute Gasteiger partial charge is 0.489 e. The summed E-state index contributed by atoms with van der Waals surface area (Å²) in [7, 11) is 0. The minimum absolute atomic E-state index is 0.0597. The van der Waals surface area contributed by atoms with Crippen molar-refractivity contribution < 1.29 is 38.6 Å². The average Bonchev–Trinajstić information content (AvgIpc) is 3.30. The number of aliphatic hydroxyl groups excluding tert-OH is 1. The molecule has 2 aromatic carbocycles. The molecule has 0 amide bonds. The van der Waals surface area contributed by atoms with Crippen LogP contribution in [0.1, 0.15) is 17.2 Å². The molecule has 0 saturated heterocycles. The smallest absolute Gasteiger partial charge is 0.231 e. The number of hydrogen-bond donors (Lipinski definition) is 2. The number of hydrogen-bond acceptors (Lipinski definition) is 8. The molecule has 8 nitrogen and oxygen atoms in total. The topological polar surface area (TPSA) is 95.8 Å². The fraction of sp³-hybridized carbons (Fsp3) is 0.333. The van der Waals surface area contributed by atoms with Crippen LogP contribution in [0, 0.1) is 0 Å². The van der Waals surface area contributed by atoms with Crippen LogP contribution in [0.25, 0.3) is 0 Å². The van der Waals surface area contributed by atoms with E-state index < -0.39 is 17.8 Å². The molecule has 4 aliphatic rings. The van der Waals surface area contributed by atoms with Gasteiger partial charge in [-0.1, -0.05) is 0 Å². The summed E-state index contributed by atoms with van der Waals surface area (Å²) in [5.74, 6) is 2.81. The molecule has 2 aromatic rings. The van der Waals surface area contributed by atoms with Gasteiger partial charge in [-0.25, -0.2) is 0 Å². The highest BCUT2D eigenvalue weighted by Gasteiger charge is 2.56. The van der Waals surface area contributed by atoms with Gasteiger partial charge in [0.2, 0.25) is 19.3 Å². The van der Waals surface area contributed by atoms with Crippen molar-refractivity contribution in [1.29, 1.82) is 0 Å². The molecule has 4 aliphatic heterocycles. The quantitative estimate of drug-likeness (QED) is 0.726. The number of benzene rings is 2. The van der Waals surface area contributed by atoms with Crippen LogP contribution in [-0.2, 0) is 5.60 Å². The molecule has 26 heavy (non-hydrogen) atoms. The molecule has 0 saturated carbocycles. The van der Waals surface area contributed by atoms with Crippen LogP contribution in [0.3, 0.4) is 0 Å². The number of ether oxygens (including phenoxy) is 6. The van der Waals surface area contributed by atoms with Crippen LogP contribution in [0.5, 0.6) is 34.5 Å². The van der Waals surface area contributed by atoms with E-state index >= 15 is 0 Å². The highest BCUT2D eigenvalue weighted by Crippen LogP contribution is 2.57. The summed E-state index contributed by atoms with van der Waals surface area (Å²) in [6, 6.07) is 6.66. The van der Waals surface area contributed by atoms with E-state index in [0.717, 1.165) is 0 Å². The van der Waals surface area contributed by atoms with Crippen molar-refractivity contribution in [1.82, 2.24) is 0 Å². The Morgan fingerprint density at radius 2 is 1.62 bits per heavy atom. The highest BCUT2D eigenvalue weighted by atomic mass is 16.7. The molecule has 0 spiro atoms. The molecule has 8 heteroatoms. The SMILES string of the molecule is OC1c2ccc3c(c2OC2COc4cc5c(cc4C21O)OCO5)OCO3. The Morgan fingerprint density at radius 1 is 0.846 bits per heavy atom. The Morgan fingerprint density at radius 3 is 2.50 bits per heavy atom. The van der Waals surface area contributed by atoms with E-state index in [1.165, 1.54) is 0 Å². The van der Waals surface area contributed by atoms with E-state index in [1.807, 2.05) is 0 Å². The second-order valence-corrected chi connectivity index (χ2v) is 6.56. The van der Waals surface area contributed by atoms with Crippen molar-refractivity contribution in [2.75, 3.05) is 20.2 Å². The van der Waals surface area contributed by atoms with Crippen LogP contribution < -0.4 is 28.4 Å². The molecule has 6 rings (SSSR count). The monoisotopic (exact) mass is 358 g/mol.